The average Bonchev–Trinajstić information content (AvgIpc) is 2.45. The Morgan fingerprint density at radius 3 is 2.57 bits per heavy atom. The highest BCUT2D eigenvalue weighted by Gasteiger charge is 2.25. The van der Waals surface area contributed by atoms with Crippen LogP contribution in [0, 0.1) is 0 Å². The Hall–Kier alpha value is -1.25. The van der Waals surface area contributed by atoms with Gasteiger partial charge in [0.1, 0.15) is 0 Å². The van der Waals surface area contributed by atoms with Crippen LogP contribution in [0.4, 0.5) is 5.82 Å². The molecule has 0 radical (unpaired) electrons. The van der Waals surface area contributed by atoms with E-state index in [1.807, 2.05) is 18.2 Å². The van der Waals surface area contributed by atoms with Crippen molar-refractivity contribution in [3.8, 4) is 0 Å². The van der Waals surface area contributed by atoms with Crippen LogP contribution in [-0.2, 0) is 10.0 Å². The maximum atomic E-state index is 11.6. The summed E-state index contributed by atoms with van der Waals surface area (Å²) >= 11 is 3.45. The normalized spacial score (nSPS) is 17.3. The van der Waals surface area contributed by atoms with Gasteiger partial charge < -0.3 is 4.90 Å². The molecule has 6 nitrogen and oxygen atoms in total. The Kier molecular flexibility index (Phi) is 3.85. The Bertz CT molecular complexity index is 773. The van der Waals surface area contributed by atoms with E-state index in [1.54, 1.807) is 6.20 Å². The number of sulfonamides is 1. The van der Waals surface area contributed by atoms with E-state index in [-0.39, 0.29) is 0 Å². The van der Waals surface area contributed by atoms with Gasteiger partial charge in [-0.1, -0.05) is 15.9 Å². The summed E-state index contributed by atoms with van der Waals surface area (Å²) in [5.41, 5.74) is 0. The number of anilines is 1. The minimum atomic E-state index is -3.12. The third kappa shape index (κ3) is 3.02. The molecule has 0 aliphatic carbocycles. The molecule has 0 bridgehead atoms. The van der Waals surface area contributed by atoms with E-state index in [0.29, 0.717) is 26.2 Å². The van der Waals surface area contributed by atoms with Gasteiger partial charge in [0.15, 0.2) is 5.82 Å². The highest BCUT2D eigenvalue weighted by molar-refractivity contribution is 9.10. The van der Waals surface area contributed by atoms with Crippen molar-refractivity contribution < 1.29 is 8.42 Å². The molecule has 1 aromatic heterocycles. The molecule has 0 atom stereocenters. The lowest BCUT2D eigenvalue weighted by Gasteiger charge is -2.34. The average molecular weight is 371 g/mol. The zero-order chi connectivity index (χ0) is 15.0. The van der Waals surface area contributed by atoms with Crippen LogP contribution in [0.2, 0.25) is 0 Å². The molecular weight excluding hydrogens is 356 g/mol. The number of hydrogen-bond donors (Lipinski definition) is 0. The Balaban J connectivity index is 1.89. The number of benzene rings is 1. The largest absolute Gasteiger partial charge is 0.352 e. The molecule has 21 heavy (non-hydrogen) atoms. The fourth-order valence-electron chi connectivity index (χ4n) is 2.51. The van der Waals surface area contributed by atoms with Crippen molar-refractivity contribution in [2.75, 3.05) is 37.3 Å². The van der Waals surface area contributed by atoms with Gasteiger partial charge in [-0.3, -0.25) is 0 Å². The minimum Gasteiger partial charge on any atom is -0.352 e. The van der Waals surface area contributed by atoms with Gasteiger partial charge in [0, 0.05) is 41.4 Å². The molecule has 1 aromatic carbocycles. The first-order valence-electron chi connectivity index (χ1n) is 6.56. The van der Waals surface area contributed by atoms with E-state index in [2.05, 4.69) is 31.0 Å². The minimum absolute atomic E-state index is 0.480. The SMILES string of the molecule is CS(=O)(=O)N1CCN(c2nncc3cc(Br)ccc23)CC1. The Morgan fingerprint density at radius 1 is 1.19 bits per heavy atom. The fourth-order valence-corrected chi connectivity index (χ4v) is 3.71. The molecule has 1 fully saturated rings. The summed E-state index contributed by atoms with van der Waals surface area (Å²) in [6.45, 7) is 2.20. The van der Waals surface area contributed by atoms with Gasteiger partial charge in [0.25, 0.3) is 0 Å². The topological polar surface area (TPSA) is 66.4 Å². The Labute approximate surface area is 131 Å². The van der Waals surface area contributed by atoms with Gasteiger partial charge in [-0.15, -0.1) is 5.10 Å². The van der Waals surface area contributed by atoms with E-state index in [4.69, 9.17) is 0 Å². The van der Waals surface area contributed by atoms with Crippen molar-refractivity contribution in [3.05, 3.63) is 28.9 Å². The summed E-state index contributed by atoms with van der Waals surface area (Å²) in [6.07, 6.45) is 2.98. The molecule has 3 rings (SSSR count). The second-order valence-corrected chi connectivity index (χ2v) is 7.95. The summed E-state index contributed by atoms with van der Waals surface area (Å²) in [5, 5.41) is 10.3. The van der Waals surface area contributed by atoms with Crippen molar-refractivity contribution in [3.63, 3.8) is 0 Å². The molecule has 1 aliphatic rings. The number of piperazine rings is 1. The number of nitrogens with zero attached hydrogens (tertiary/aromatic N) is 4. The summed E-state index contributed by atoms with van der Waals surface area (Å²) in [4.78, 5) is 2.09. The van der Waals surface area contributed by atoms with Gasteiger partial charge in [-0.05, 0) is 18.2 Å². The first kappa shape index (κ1) is 14.7. The van der Waals surface area contributed by atoms with Crippen molar-refractivity contribution in [2.45, 2.75) is 0 Å². The molecule has 0 saturated carbocycles. The molecule has 112 valence electrons. The summed E-state index contributed by atoms with van der Waals surface area (Å²) in [6, 6.07) is 5.98. The maximum absolute atomic E-state index is 11.6. The first-order valence-corrected chi connectivity index (χ1v) is 9.20. The first-order chi connectivity index (χ1) is 9.95. The molecule has 1 saturated heterocycles. The highest BCUT2D eigenvalue weighted by Crippen LogP contribution is 2.27. The number of rotatable bonds is 2. The maximum Gasteiger partial charge on any atom is 0.211 e. The van der Waals surface area contributed by atoms with Crippen LogP contribution in [0.25, 0.3) is 10.8 Å². The number of aromatic nitrogens is 2. The molecule has 0 spiro atoms. The van der Waals surface area contributed by atoms with Crippen LogP contribution >= 0.6 is 15.9 Å². The second kappa shape index (κ2) is 5.51. The quantitative estimate of drug-likeness (QED) is 0.800. The highest BCUT2D eigenvalue weighted by atomic mass is 79.9. The third-order valence-corrected chi connectivity index (χ3v) is 5.41. The predicted molar refractivity (Wildman–Crippen MR) is 85.9 cm³/mol. The van der Waals surface area contributed by atoms with E-state index in [0.717, 1.165) is 21.1 Å². The van der Waals surface area contributed by atoms with E-state index >= 15 is 0 Å². The summed E-state index contributed by atoms with van der Waals surface area (Å²) in [7, 11) is -3.12. The molecular formula is C13H15BrN4O2S. The molecule has 2 heterocycles. The van der Waals surface area contributed by atoms with Crippen molar-refractivity contribution >= 4 is 42.5 Å². The smallest absolute Gasteiger partial charge is 0.211 e. The van der Waals surface area contributed by atoms with Crippen molar-refractivity contribution in [2.24, 2.45) is 0 Å². The molecule has 0 N–H and O–H groups in total. The van der Waals surface area contributed by atoms with Gasteiger partial charge in [0.05, 0.1) is 12.5 Å². The zero-order valence-electron chi connectivity index (χ0n) is 11.5. The lowest BCUT2D eigenvalue weighted by atomic mass is 10.2. The lowest BCUT2D eigenvalue weighted by Crippen LogP contribution is -2.48. The number of hydrogen-bond acceptors (Lipinski definition) is 5. The van der Waals surface area contributed by atoms with Crippen molar-refractivity contribution in [1.82, 2.24) is 14.5 Å². The van der Waals surface area contributed by atoms with E-state index in [9.17, 15) is 8.42 Å². The second-order valence-electron chi connectivity index (χ2n) is 5.05. The number of fused-ring (bicyclic) bond motifs is 1. The zero-order valence-corrected chi connectivity index (χ0v) is 13.9. The van der Waals surface area contributed by atoms with E-state index in [1.165, 1.54) is 10.6 Å². The molecule has 0 unspecified atom stereocenters. The van der Waals surface area contributed by atoms with Crippen LogP contribution in [0.5, 0.6) is 0 Å². The molecule has 0 amide bonds. The standard InChI is InChI=1S/C13H15BrN4O2S/c1-21(19,20)18-6-4-17(5-7-18)13-12-3-2-11(14)8-10(12)9-15-16-13/h2-3,8-9H,4-7H2,1H3. The predicted octanol–water partition coefficient (Wildman–Crippen LogP) is 1.47. The van der Waals surface area contributed by atoms with Gasteiger partial charge in [-0.25, -0.2) is 8.42 Å². The number of halogens is 1. The summed E-state index contributed by atoms with van der Waals surface area (Å²) in [5.74, 6) is 0.813. The van der Waals surface area contributed by atoms with Crippen LogP contribution in [0.3, 0.4) is 0 Å². The Morgan fingerprint density at radius 2 is 1.90 bits per heavy atom. The van der Waals surface area contributed by atoms with Gasteiger partial charge in [0.2, 0.25) is 10.0 Å². The van der Waals surface area contributed by atoms with Gasteiger partial charge >= 0.3 is 0 Å². The molecule has 1 aliphatic heterocycles. The van der Waals surface area contributed by atoms with Crippen LogP contribution < -0.4 is 4.90 Å². The fraction of sp³-hybridized carbons (Fsp3) is 0.385. The van der Waals surface area contributed by atoms with Crippen LogP contribution in [0.15, 0.2) is 28.9 Å². The van der Waals surface area contributed by atoms with Crippen molar-refractivity contribution in [1.29, 1.82) is 0 Å². The summed E-state index contributed by atoms with van der Waals surface area (Å²) < 4.78 is 25.6. The lowest BCUT2D eigenvalue weighted by molar-refractivity contribution is 0.387. The van der Waals surface area contributed by atoms with Crippen LogP contribution in [0.1, 0.15) is 0 Å². The van der Waals surface area contributed by atoms with E-state index < -0.39 is 10.0 Å². The van der Waals surface area contributed by atoms with Crippen LogP contribution in [-0.4, -0.2) is 55.4 Å². The third-order valence-electron chi connectivity index (χ3n) is 3.61. The molecule has 2 aromatic rings. The van der Waals surface area contributed by atoms with Gasteiger partial charge in [-0.2, -0.15) is 9.40 Å². The molecule has 8 heteroatoms. The monoisotopic (exact) mass is 370 g/mol.